The van der Waals surface area contributed by atoms with E-state index < -0.39 is 0 Å². The van der Waals surface area contributed by atoms with Gasteiger partial charge in [-0.2, -0.15) is 0 Å². The van der Waals surface area contributed by atoms with Gasteiger partial charge in [-0.05, 0) is 13.8 Å². The quantitative estimate of drug-likeness (QED) is 0.917. The summed E-state index contributed by atoms with van der Waals surface area (Å²) in [5, 5.41) is 0. The predicted molar refractivity (Wildman–Crippen MR) is 84.1 cm³/mol. The number of rotatable bonds is 2. The van der Waals surface area contributed by atoms with Crippen molar-refractivity contribution in [3.05, 3.63) is 36.4 Å². The summed E-state index contributed by atoms with van der Waals surface area (Å²) in [4.78, 5) is 11.2. The maximum Gasteiger partial charge on any atom is 0.163 e. The molecule has 0 radical (unpaired) electrons. The standard InChI is InChI=1S/C16H20N4O/c1-11-9-20(10-12(2)21-11)15-8-14(17)18-16(19-15)13-6-4-3-5-7-13/h3-8,11-12H,9-10H2,1-2H3,(H2,17,18,19)/t11-,12+. The molecule has 110 valence electrons. The van der Waals surface area contributed by atoms with Crippen LogP contribution in [0.2, 0.25) is 0 Å². The first-order chi connectivity index (χ1) is 10.1. The SMILES string of the molecule is C[C@@H]1CN(c2cc(N)nc(-c3ccccc3)n2)C[C@H](C)O1. The van der Waals surface area contributed by atoms with Crippen molar-refractivity contribution in [2.45, 2.75) is 26.1 Å². The van der Waals surface area contributed by atoms with Crippen LogP contribution in [0, 0.1) is 0 Å². The molecule has 1 aliphatic heterocycles. The van der Waals surface area contributed by atoms with Crippen LogP contribution in [-0.2, 0) is 4.74 Å². The maximum absolute atomic E-state index is 5.96. The molecule has 0 spiro atoms. The van der Waals surface area contributed by atoms with Crippen LogP contribution in [0.4, 0.5) is 11.6 Å². The highest BCUT2D eigenvalue weighted by Gasteiger charge is 2.23. The van der Waals surface area contributed by atoms with E-state index in [9.17, 15) is 0 Å². The van der Waals surface area contributed by atoms with Gasteiger partial charge >= 0.3 is 0 Å². The second-order valence-corrected chi connectivity index (χ2v) is 5.50. The van der Waals surface area contributed by atoms with E-state index in [1.165, 1.54) is 0 Å². The number of nitrogen functional groups attached to an aromatic ring is 1. The molecular formula is C16H20N4O. The zero-order valence-electron chi connectivity index (χ0n) is 12.4. The fourth-order valence-corrected chi connectivity index (χ4v) is 2.70. The summed E-state index contributed by atoms with van der Waals surface area (Å²) < 4.78 is 5.77. The number of morpholine rings is 1. The van der Waals surface area contributed by atoms with E-state index in [4.69, 9.17) is 10.5 Å². The molecule has 0 saturated carbocycles. The average Bonchev–Trinajstić information content (AvgIpc) is 2.46. The zero-order valence-corrected chi connectivity index (χ0v) is 12.4. The summed E-state index contributed by atoms with van der Waals surface area (Å²) in [7, 11) is 0. The Balaban J connectivity index is 1.94. The van der Waals surface area contributed by atoms with Gasteiger partial charge in [0.1, 0.15) is 11.6 Å². The highest BCUT2D eigenvalue weighted by molar-refractivity contribution is 5.60. The van der Waals surface area contributed by atoms with E-state index in [1.54, 1.807) is 0 Å². The molecule has 2 atom stereocenters. The number of nitrogens with two attached hydrogens (primary N) is 1. The van der Waals surface area contributed by atoms with Gasteiger partial charge in [0.2, 0.25) is 0 Å². The summed E-state index contributed by atoms with van der Waals surface area (Å²) >= 11 is 0. The topological polar surface area (TPSA) is 64.3 Å². The predicted octanol–water partition coefficient (Wildman–Crippen LogP) is 2.34. The van der Waals surface area contributed by atoms with E-state index in [2.05, 4.69) is 28.7 Å². The number of anilines is 2. The number of aromatic nitrogens is 2. The van der Waals surface area contributed by atoms with Crippen molar-refractivity contribution in [2.24, 2.45) is 0 Å². The Morgan fingerprint density at radius 3 is 2.43 bits per heavy atom. The molecule has 0 amide bonds. The van der Waals surface area contributed by atoms with Gasteiger partial charge in [0.15, 0.2) is 5.82 Å². The Morgan fingerprint density at radius 2 is 1.76 bits per heavy atom. The second kappa shape index (κ2) is 5.69. The minimum absolute atomic E-state index is 0.185. The van der Waals surface area contributed by atoms with Gasteiger partial charge in [-0.25, -0.2) is 9.97 Å². The van der Waals surface area contributed by atoms with Crippen molar-refractivity contribution in [1.82, 2.24) is 9.97 Å². The van der Waals surface area contributed by atoms with E-state index >= 15 is 0 Å². The molecule has 1 saturated heterocycles. The van der Waals surface area contributed by atoms with Gasteiger partial charge < -0.3 is 15.4 Å². The van der Waals surface area contributed by atoms with Crippen molar-refractivity contribution >= 4 is 11.6 Å². The summed E-state index contributed by atoms with van der Waals surface area (Å²) in [6.07, 6.45) is 0.371. The summed E-state index contributed by atoms with van der Waals surface area (Å²) in [5.41, 5.74) is 6.94. The van der Waals surface area contributed by atoms with Crippen molar-refractivity contribution < 1.29 is 4.74 Å². The van der Waals surface area contributed by atoms with Crippen molar-refractivity contribution in [3.63, 3.8) is 0 Å². The van der Waals surface area contributed by atoms with Crippen LogP contribution in [0.5, 0.6) is 0 Å². The molecule has 2 aromatic rings. The lowest BCUT2D eigenvalue weighted by atomic mass is 10.2. The molecule has 1 aliphatic rings. The monoisotopic (exact) mass is 284 g/mol. The van der Waals surface area contributed by atoms with Gasteiger partial charge in [0.25, 0.3) is 0 Å². The van der Waals surface area contributed by atoms with Gasteiger partial charge in [-0.1, -0.05) is 30.3 Å². The lowest BCUT2D eigenvalue weighted by Crippen LogP contribution is -2.45. The molecule has 2 heterocycles. The van der Waals surface area contributed by atoms with E-state index in [1.807, 2.05) is 36.4 Å². The van der Waals surface area contributed by atoms with Crippen molar-refractivity contribution in [2.75, 3.05) is 23.7 Å². The maximum atomic E-state index is 5.96. The van der Waals surface area contributed by atoms with E-state index in [0.717, 1.165) is 24.5 Å². The number of hydrogen-bond donors (Lipinski definition) is 1. The molecule has 2 N–H and O–H groups in total. The lowest BCUT2D eigenvalue weighted by Gasteiger charge is -2.36. The molecule has 21 heavy (non-hydrogen) atoms. The van der Waals surface area contributed by atoms with Gasteiger partial charge in [-0.3, -0.25) is 0 Å². The molecule has 5 heteroatoms. The Labute approximate surface area is 124 Å². The molecule has 1 aromatic carbocycles. The highest BCUT2D eigenvalue weighted by atomic mass is 16.5. The number of benzene rings is 1. The molecule has 0 aliphatic carbocycles. The number of nitrogens with zero attached hydrogens (tertiary/aromatic N) is 3. The molecular weight excluding hydrogens is 264 g/mol. The van der Waals surface area contributed by atoms with Crippen molar-refractivity contribution in [1.29, 1.82) is 0 Å². The highest BCUT2D eigenvalue weighted by Crippen LogP contribution is 2.23. The molecule has 0 bridgehead atoms. The lowest BCUT2D eigenvalue weighted by molar-refractivity contribution is -0.00545. The molecule has 1 aromatic heterocycles. The minimum atomic E-state index is 0.185. The Hall–Kier alpha value is -2.14. The van der Waals surface area contributed by atoms with E-state index in [-0.39, 0.29) is 12.2 Å². The second-order valence-electron chi connectivity index (χ2n) is 5.50. The fourth-order valence-electron chi connectivity index (χ4n) is 2.70. The first-order valence-electron chi connectivity index (χ1n) is 7.22. The zero-order chi connectivity index (χ0) is 14.8. The largest absolute Gasteiger partial charge is 0.384 e. The Kier molecular flexibility index (Phi) is 3.75. The third kappa shape index (κ3) is 3.13. The average molecular weight is 284 g/mol. The Bertz CT molecular complexity index is 607. The van der Waals surface area contributed by atoms with Crippen LogP contribution >= 0.6 is 0 Å². The normalized spacial score (nSPS) is 22.3. The van der Waals surface area contributed by atoms with Crippen LogP contribution in [0.3, 0.4) is 0 Å². The molecule has 5 nitrogen and oxygen atoms in total. The van der Waals surface area contributed by atoms with Gasteiger partial charge in [0.05, 0.1) is 12.2 Å². The Morgan fingerprint density at radius 1 is 1.10 bits per heavy atom. The van der Waals surface area contributed by atoms with Crippen LogP contribution in [0.15, 0.2) is 36.4 Å². The summed E-state index contributed by atoms with van der Waals surface area (Å²) in [5.74, 6) is 2.02. The van der Waals surface area contributed by atoms with Crippen LogP contribution in [-0.4, -0.2) is 35.3 Å². The third-order valence-corrected chi connectivity index (χ3v) is 3.51. The van der Waals surface area contributed by atoms with E-state index in [0.29, 0.717) is 11.6 Å². The van der Waals surface area contributed by atoms with Crippen molar-refractivity contribution in [3.8, 4) is 11.4 Å². The van der Waals surface area contributed by atoms with Crippen LogP contribution in [0.1, 0.15) is 13.8 Å². The van der Waals surface area contributed by atoms with Gasteiger partial charge in [-0.15, -0.1) is 0 Å². The van der Waals surface area contributed by atoms with Crippen LogP contribution < -0.4 is 10.6 Å². The fraction of sp³-hybridized carbons (Fsp3) is 0.375. The van der Waals surface area contributed by atoms with Gasteiger partial charge in [0, 0.05) is 24.7 Å². The van der Waals surface area contributed by atoms with Crippen LogP contribution in [0.25, 0.3) is 11.4 Å². The minimum Gasteiger partial charge on any atom is -0.384 e. The first kappa shape index (κ1) is 13.8. The number of hydrogen-bond acceptors (Lipinski definition) is 5. The number of ether oxygens (including phenoxy) is 1. The molecule has 0 unspecified atom stereocenters. The summed E-state index contributed by atoms with van der Waals surface area (Å²) in [6.45, 7) is 5.78. The molecule has 3 rings (SSSR count). The first-order valence-corrected chi connectivity index (χ1v) is 7.22. The smallest absolute Gasteiger partial charge is 0.163 e. The third-order valence-electron chi connectivity index (χ3n) is 3.51. The molecule has 1 fully saturated rings. The summed E-state index contributed by atoms with van der Waals surface area (Å²) in [6, 6.07) is 11.7.